The van der Waals surface area contributed by atoms with Crippen molar-refractivity contribution in [1.29, 1.82) is 0 Å². The minimum Gasteiger partial charge on any atom is -0.492 e. The highest BCUT2D eigenvalue weighted by atomic mass is 35.5. The van der Waals surface area contributed by atoms with E-state index in [9.17, 15) is 0 Å². The van der Waals surface area contributed by atoms with Crippen LogP contribution >= 0.6 is 11.6 Å². The van der Waals surface area contributed by atoms with Crippen molar-refractivity contribution < 1.29 is 4.74 Å². The molecule has 0 spiro atoms. The van der Waals surface area contributed by atoms with E-state index in [1.165, 1.54) is 12.0 Å². The van der Waals surface area contributed by atoms with E-state index in [-0.39, 0.29) is 5.41 Å². The summed E-state index contributed by atoms with van der Waals surface area (Å²) in [6, 6.07) is 6.08. The summed E-state index contributed by atoms with van der Waals surface area (Å²) in [5.74, 6) is 1.43. The number of benzene rings is 1. The van der Waals surface area contributed by atoms with Gasteiger partial charge in [0.1, 0.15) is 5.75 Å². The van der Waals surface area contributed by atoms with Crippen molar-refractivity contribution in [2.75, 3.05) is 19.7 Å². The van der Waals surface area contributed by atoms with E-state index < -0.39 is 0 Å². The Kier molecular flexibility index (Phi) is 4.18. The second-order valence-corrected chi connectivity index (χ2v) is 6.47. The van der Waals surface area contributed by atoms with E-state index in [2.05, 4.69) is 38.2 Å². The standard InChI is InChI=1S/C15H22ClNO/c1-15(2,3)12-4-5-13(16)14(8-12)18-10-11-6-7-17-9-11/h4-5,8,11,17H,6-7,9-10H2,1-3H3. The monoisotopic (exact) mass is 267 g/mol. The largest absolute Gasteiger partial charge is 0.492 e. The lowest BCUT2D eigenvalue weighted by Gasteiger charge is -2.21. The highest BCUT2D eigenvalue weighted by Gasteiger charge is 2.18. The summed E-state index contributed by atoms with van der Waals surface area (Å²) in [4.78, 5) is 0. The fourth-order valence-electron chi connectivity index (χ4n) is 2.14. The summed E-state index contributed by atoms with van der Waals surface area (Å²) in [6.07, 6.45) is 1.19. The zero-order chi connectivity index (χ0) is 13.2. The van der Waals surface area contributed by atoms with Gasteiger partial charge >= 0.3 is 0 Å². The molecule has 1 fully saturated rings. The molecule has 1 aliphatic rings. The number of hydrogen-bond donors (Lipinski definition) is 1. The Morgan fingerprint density at radius 1 is 1.39 bits per heavy atom. The van der Waals surface area contributed by atoms with Crippen molar-refractivity contribution in [3.63, 3.8) is 0 Å². The van der Waals surface area contributed by atoms with Gasteiger partial charge < -0.3 is 10.1 Å². The van der Waals surface area contributed by atoms with E-state index in [1.54, 1.807) is 0 Å². The van der Waals surface area contributed by atoms with Gasteiger partial charge in [0.05, 0.1) is 11.6 Å². The average Bonchev–Trinajstić information content (AvgIpc) is 2.79. The minimum atomic E-state index is 0.123. The van der Waals surface area contributed by atoms with Crippen molar-refractivity contribution >= 4 is 11.6 Å². The molecule has 1 heterocycles. The Morgan fingerprint density at radius 2 is 2.17 bits per heavy atom. The zero-order valence-corrected chi connectivity index (χ0v) is 12.2. The Hall–Kier alpha value is -0.730. The van der Waals surface area contributed by atoms with Crippen LogP contribution in [0.5, 0.6) is 5.75 Å². The third-order valence-electron chi connectivity index (χ3n) is 3.43. The van der Waals surface area contributed by atoms with Crippen LogP contribution in [0.3, 0.4) is 0 Å². The molecular weight excluding hydrogens is 246 g/mol. The Labute approximate surface area is 115 Å². The van der Waals surface area contributed by atoms with Crippen LogP contribution in [-0.2, 0) is 5.41 Å². The van der Waals surface area contributed by atoms with E-state index in [0.29, 0.717) is 10.9 Å². The molecule has 0 amide bonds. The van der Waals surface area contributed by atoms with Gasteiger partial charge in [-0.15, -0.1) is 0 Å². The average molecular weight is 268 g/mol. The van der Waals surface area contributed by atoms with Gasteiger partial charge in [-0.3, -0.25) is 0 Å². The maximum Gasteiger partial charge on any atom is 0.138 e. The molecule has 0 aromatic heterocycles. The van der Waals surface area contributed by atoms with Gasteiger partial charge in [-0.25, -0.2) is 0 Å². The van der Waals surface area contributed by atoms with Crippen LogP contribution in [0.4, 0.5) is 0 Å². The fourth-order valence-corrected chi connectivity index (χ4v) is 2.32. The van der Waals surface area contributed by atoms with Gasteiger partial charge in [0, 0.05) is 12.5 Å². The molecule has 0 aliphatic carbocycles. The first-order valence-electron chi connectivity index (χ1n) is 6.60. The lowest BCUT2D eigenvalue weighted by molar-refractivity contribution is 0.259. The second kappa shape index (κ2) is 5.50. The smallest absolute Gasteiger partial charge is 0.138 e. The SMILES string of the molecule is CC(C)(C)c1ccc(Cl)c(OCC2CCNC2)c1. The number of hydrogen-bond acceptors (Lipinski definition) is 2. The summed E-state index contributed by atoms with van der Waals surface area (Å²) >= 11 is 6.19. The maximum atomic E-state index is 6.19. The number of nitrogens with one attached hydrogen (secondary N) is 1. The topological polar surface area (TPSA) is 21.3 Å². The van der Waals surface area contributed by atoms with Crippen molar-refractivity contribution in [3.05, 3.63) is 28.8 Å². The van der Waals surface area contributed by atoms with Crippen molar-refractivity contribution in [1.82, 2.24) is 5.32 Å². The predicted octanol–water partition coefficient (Wildman–Crippen LogP) is 3.63. The molecule has 0 saturated carbocycles. The van der Waals surface area contributed by atoms with Crippen molar-refractivity contribution in [3.8, 4) is 5.75 Å². The highest BCUT2D eigenvalue weighted by molar-refractivity contribution is 6.32. The van der Waals surface area contributed by atoms with Gasteiger partial charge in [0.2, 0.25) is 0 Å². The fraction of sp³-hybridized carbons (Fsp3) is 0.600. The molecule has 1 unspecified atom stereocenters. The summed E-state index contributed by atoms with van der Waals surface area (Å²) < 4.78 is 5.88. The molecule has 0 bridgehead atoms. The van der Waals surface area contributed by atoms with Crippen LogP contribution in [-0.4, -0.2) is 19.7 Å². The van der Waals surface area contributed by atoms with Gasteiger partial charge in [-0.05, 0) is 36.1 Å². The van der Waals surface area contributed by atoms with E-state index in [0.717, 1.165) is 25.4 Å². The first-order valence-corrected chi connectivity index (χ1v) is 6.98. The number of halogens is 1. The molecule has 18 heavy (non-hydrogen) atoms. The number of ether oxygens (including phenoxy) is 1. The zero-order valence-electron chi connectivity index (χ0n) is 11.4. The third-order valence-corrected chi connectivity index (χ3v) is 3.75. The first-order chi connectivity index (χ1) is 8.47. The van der Waals surface area contributed by atoms with Crippen LogP contribution in [0, 0.1) is 5.92 Å². The summed E-state index contributed by atoms with van der Waals surface area (Å²) in [6.45, 7) is 9.49. The van der Waals surface area contributed by atoms with Crippen LogP contribution in [0.2, 0.25) is 5.02 Å². The quantitative estimate of drug-likeness (QED) is 0.903. The molecule has 3 heteroatoms. The van der Waals surface area contributed by atoms with E-state index >= 15 is 0 Å². The molecule has 1 aromatic rings. The van der Waals surface area contributed by atoms with Crippen LogP contribution in [0.25, 0.3) is 0 Å². The van der Waals surface area contributed by atoms with E-state index in [1.807, 2.05) is 6.07 Å². The highest BCUT2D eigenvalue weighted by Crippen LogP contribution is 2.31. The molecule has 1 saturated heterocycles. The summed E-state index contributed by atoms with van der Waals surface area (Å²) in [5, 5.41) is 4.05. The molecule has 100 valence electrons. The van der Waals surface area contributed by atoms with Crippen molar-refractivity contribution in [2.45, 2.75) is 32.6 Å². The normalized spacial score (nSPS) is 20.1. The van der Waals surface area contributed by atoms with Gasteiger partial charge in [0.25, 0.3) is 0 Å². The molecule has 1 atom stereocenters. The summed E-state index contributed by atoms with van der Waals surface area (Å²) in [5.41, 5.74) is 1.38. The lowest BCUT2D eigenvalue weighted by Crippen LogP contribution is -2.16. The Morgan fingerprint density at radius 3 is 2.78 bits per heavy atom. The summed E-state index contributed by atoms with van der Waals surface area (Å²) in [7, 11) is 0. The lowest BCUT2D eigenvalue weighted by atomic mass is 9.87. The van der Waals surface area contributed by atoms with Crippen molar-refractivity contribution in [2.24, 2.45) is 5.92 Å². The molecule has 1 aliphatic heterocycles. The Balaban J connectivity index is 2.06. The van der Waals surface area contributed by atoms with Crippen LogP contribution in [0.15, 0.2) is 18.2 Å². The van der Waals surface area contributed by atoms with Gasteiger partial charge in [-0.1, -0.05) is 38.4 Å². The maximum absolute atomic E-state index is 6.19. The predicted molar refractivity (Wildman–Crippen MR) is 76.6 cm³/mol. The van der Waals surface area contributed by atoms with Gasteiger partial charge in [0.15, 0.2) is 0 Å². The molecule has 0 radical (unpaired) electrons. The molecule has 1 aromatic carbocycles. The molecule has 2 rings (SSSR count). The third kappa shape index (κ3) is 3.39. The van der Waals surface area contributed by atoms with Crippen LogP contribution < -0.4 is 10.1 Å². The van der Waals surface area contributed by atoms with Crippen LogP contribution in [0.1, 0.15) is 32.8 Å². The molecule has 2 nitrogen and oxygen atoms in total. The first kappa shape index (κ1) is 13.7. The van der Waals surface area contributed by atoms with E-state index in [4.69, 9.17) is 16.3 Å². The minimum absolute atomic E-state index is 0.123. The number of rotatable bonds is 3. The Bertz CT molecular complexity index is 405. The molecule has 1 N–H and O–H groups in total. The molecular formula is C15H22ClNO. The second-order valence-electron chi connectivity index (χ2n) is 6.07. The van der Waals surface area contributed by atoms with Gasteiger partial charge in [-0.2, -0.15) is 0 Å².